The summed E-state index contributed by atoms with van der Waals surface area (Å²) in [5.41, 5.74) is 3.34. The summed E-state index contributed by atoms with van der Waals surface area (Å²) < 4.78 is 4.95. The molecule has 2 aromatic rings. The maximum absolute atomic E-state index is 10.2. The van der Waals surface area contributed by atoms with Gasteiger partial charge >= 0.3 is 0 Å². The molecule has 0 saturated heterocycles. The quantitative estimate of drug-likeness (QED) is 0.911. The van der Waals surface area contributed by atoms with Crippen LogP contribution in [0.4, 0.5) is 0 Å². The van der Waals surface area contributed by atoms with Crippen LogP contribution in [0.5, 0.6) is 5.88 Å². The number of hydrogen-bond donors (Lipinski definition) is 1. The number of rotatable bonds is 4. The van der Waals surface area contributed by atoms with E-state index in [4.69, 9.17) is 4.74 Å². The number of aliphatic hydroxyl groups is 1. The number of fused-ring (bicyclic) bond motifs is 1. The van der Waals surface area contributed by atoms with Gasteiger partial charge in [0.1, 0.15) is 0 Å². The lowest BCUT2D eigenvalue weighted by Crippen LogP contribution is -2.19. The van der Waals surface area contributed by atoms with Gasteiger partial charge in [0.05, 0.1) is 18.9 Å². The van der Waals surface area contributed by atoms with E-state index in [0.29, 0.717) is 23.9 Å². The summed E-state index contributed by atoms with van der Waals surface area (Å²) in [5.74, 6) is 0.889. The van der Waals surface area contributed by atoms with Gasteiger partial charge in [-0.15, -0.1) is 10.2 Å². The first-order chi connectivity index (χ1) is 9.28. The van der Waals surface area contributed by atoms with Crippen LogP contribution >= 0.6 is 0 Å². The molecule has 1 aliphatic carbocycles. The normalized spacial score (nSPS) is 18.3. The molecule has 1 heterocycles. The van der Waals surface area contributed by atoms with Gasteiger partial charge in [0.25, 0.3) is 0 Å². The molecule has 98 valence electrons. The standard InChI is InChI=1S/C15H16N2O2/c1-19-15-7-6-13(16-17-15)14(18)9-11-8-10-4-2-3-5-12(10)11/h2-7,11,14,18H,8-9H2,1H3. The van der Waals surface area contributed by atoms with Gasteiger partial charge in [-0.3, -0.25) is 0 Å². The van der Waals surface area contributed by atoms with E-state index in [-0.39, 0.29) is 0 Å². The number of hydrogen-bond acceptors (Lipinski definition) is 4. The molecule has 19 heavy (non-hydrogen) atoms. The second kappa shape index (κ2) is 4.97. The third kappa shape index (κ3) is 2.31. The fourth-order valence-electron chi connectivity index (χ4n) is 2.58. The van der Waals surface area contributed by atoms with Gasteiger partial charge < -0.3 is 9.84 Å². The molecule has 2 unspecified atom stereocenters. The largest absolute Gasteiger partial charge is 0.480 e. The molecule has 0 saturated carbocycles. The van der Waals surface area contributed by atoms with E-state index in [0.717, 1.165) is 6.42 Å². The molecule has 4 heteroatoms. The molecular weight excluding hydrogens is 240 g/mol. The molecule has 0 amide bonds. The van der Waals surface area contributed by atoms with Crippen molar-refractivity contribution in [2.45, 2.75) is 24.9 Å². The third-order valence-corrected chi connectivity index (χ3v) is 3.68. The van der Waals surface area contributed by atoms with Crippen LogP contribution < -0.4 is 4.74 Å². The Morgan fingerprint density at radius 1 is 1.26 bits per heavy atom. The van der Waals surface area contributed by atoms with Crippen molar-refractivity contribution >= 4 is 0 Å². The summed E-state index contributed by atoms with van der Waals surface area (Å²) in [4.78, 5) is 0. The van der Waals surface area contributed by atoms with Crippen molar-refractivity contribution in [2.24, 2.45) is 0 Å². The highest BCUT2D eigenvalue weighted by molar-refractivity contribution is 5.40. The average Bonchev–Trinajstić information content (AvgIpc) is 2.44. The van der Waals surface area contributed by atoms with Crippen LogP contribution in [-0.2, 0) is 6.42 Å². The van der Waals surface area contributed by atoms with Crippen LogP contribution in [0.25, 0.3) is 0 Å². The molecular formula is C15H16N2O2. The van der Waals surface area contributed by atoms with Gasteiger partial charge in [-0.2, -0.15) is 0 Å². The minimum absolute atomic E-state index is 0.426. The molecule has 1 N–H and O–H groups in total. The van der Waals surface area contributed by atoms with E-state index in [1.54, 1.807) is 19.2 Å². The lowest BCUT2D eigenvalue weighted by Gasteiger charge is -2.31. The lowest BCUT2D eigenvalue weighted by atomic mass is 9.74. The van der Waals surface area contributed by atoms with Crippen molar-refractivity contribution in [3.8, 4) is 5.88 Å². The molecule has 0 aliphatic heterocycles. The fourth-order valence-corrected chi connectivity index (χ4v) is 2.58. The summed E-state index contributed by atoms with van der Waals surface area (Å²) >= 11 is 0. The highest BCUT2D eigenvalue weighted by atomic mass is 16.5. The Labute approximate surface area is 112 Å². The van der Waals surface area contributed by atoms with E-state index < -0.39 is 6.10 Å². The van der Waals surface area contributed by atoms with Gasteiger partial charge in [-0.05, 0) is 36.0 Å². The molecule has 1 aromatic heterocycles. The molecule has 1 aliphatic rings. The number of aliphatic hydroxyl groups excluding tert-OH is 1. The second-order valence-electron chi connectivity index (χ2n) is 4.85. The SMILES string of the molecule is COc1ccc(C(O)CC2Cc3ccccc32)nn1. The zero-order chi connectivity index (χ0) is 13.2. The first-order valence-corrected chi connectivity index (χ1v) is 6.41. The first kappa shape index (κ1) is 12.1. The number of aromatic nitrogens is 2. The summed E-state index contributed by atoms with van der Waals surface area (Å²) in [6.07, 6.45) is 1.16. The van der Waals surface area contributed by atoms with E-state index in [1.807, 2.05) is 6.07 Å². The van der Waals surface area contributed by atoms with Crippen LogP contribution in [0.3, 0.4) is 0 Å². The van der Waals surface area contributed by atoms with E-state index >= 15 is 0 Å². The van der Waals surface area contributed by atoms with Gasteiger partial charge in [0, 0.05) is 6.07 Å². The number of benzene rings is 1. The van der Waals surface area contributed by atoms with E-state index in [9.17, 15) is 5.11 Å². The highest BCUT2D eigenvalue weighted by Crippen LogP contribution is 2.40. The Kier molecular flexibility index (Phi) is 3.17. The van der Waals surface area contributed by atoms with Gasteiger partial charge in [0.2, 0.25) is 5.88 Å². The summed E-state index contributed by atoms with van der Waals surface area (Å²) in [5, 5.41) is 18.1. The lowest BCUT2D eigenvalue weighted by molar-refractivity contribution is 0.147. The maximum atomic E-state index is 10.2. The predicted molar refractivity (Wildman–Crippen MR) is 71.0 cm³/mol. The number of ether oxygens (including phenoxy) is 1. The molecule has 0 spiro atoms. The van der Waals surface area contributed by atoms with Crippen LogP contribution in [-0.4, -0.2) is 22.4 Å². The Morgan fingerprint density at radius 2 is 2.11 bits per heavy atom. The van der Waals surface area contributed by atoms with Crippen molar-refractivity contribution < 1.29 is 9.84 Å². The molecule has 2 atom stereocenters. The third-order valence-electron chi connectivity index (χ3n) is 3.68. The van der Waals surface area contributed by atoms with Crippen molar-refractivity contribution in [1.82, 2.24) is 10.2 Å². The van der Waals surface area contributed by atoms with Crippen molar-refractivity contribution in [2.75, 3.05) is 7.11 Å². The fraction of sp³-hybridized carbons (Fsp3) is 0.333. The monoisotopic (exact) mass is 256 g/mol. The van der Waals surface area contributed by atoms with Crippen LogP contribution in [0, 0.1) is 0 Å². The predicted octanol–water partition coefficient (Wildman–Crippen LogP) is 2.25. The smallest absolute Gasteiger partial charge is 0.233 e. The Bertz CT molecular complexity index is 569. The Balaban J connectivity index is 1.67. The number of nitrogens with zero attached hydrogens (tertiary/aromatic N) is 2. The Hall–Kier alpha value is -1.94. The zero-order valence-corrected chi connectivity index (χ0v) is 10.8. The Morgan fingerprint density at radius 3 is 2.79 bits per heavy atom. The van der Waals surface area contributed by atoms with Gasteiger partial charge in [-0.1, -0.05) is 24.3 Å². The molecule has 0 radical (unpaired) electrons. The molecule has 3 rings (SSSR count). The van der Waals surface area contributed by atoms with Crippen molar-refractivity contribution in [1.29, 1.82) is 0 Å². The molecule has 0 fully saturated rings. The second-order valence-corrected chi connectivity index (χ2v) is 4.85. The summed E-state index contributed by atoms with van der Waals surface area (Å²) in [7, 11) is 1.55. The van der Waals surface area contributed by atoms with Crippen molar-refractivity contribution in [3.63, 3.8) is 0 Å². The van der Waals surface area contributed by atoms with E-state index in [2.05, 4.69) is 28.4 Å². The minimum atomic E-state index is -0.572. The first-order valence-electron chi connectivity index (χ1n) is 6.41. The minimum Gasteiger partial charge on any atom is -0.480 e. The van der Waals surface area contributed by atoms with Crippen LogP contribution in [0.1, 0.15) is 35.3 Å². The van der Waals surface area contributed by atoms with E-state index in [1.165, 1.54) is 11.1 Å². The summed E-state index contributed by atoms with van der Waals surface area (Å²) in [6.45, 7) is 0. The van der Waals surface area contributed by atoms with Crippen molar-refractivity contribution in [3.05, 3.63) is 53.2 Å². The summed E-state index contributed by atoms with van der Waals surface area (Å²) in [6, 6.07) is 11.9. The highest BCUT2D eigenvalue weighted by Gasteiger charge is 2.28. The molecule has 4 nitrogen and oxygen atoms in total. The van der Waals surface area contributed by atoms with Crippen LogP contribution in [0.2, 0.25) is 0 Å². The zero-order valence-electron chi connectivity index (χ0n) is 10.8. The molecule has 1 aromatic carbocycles. The topological polar surface area (TPSA) is 55.2 Å². The maximum Gasteiger partial charge on any atom is 0.233 e. The average molecular weight is 256 g/mol. The van der Waals surface area contributed by atoms with Crippen LogP contribution in [0.15, 0.2) is 36.4 Å². The number of methoxy groups -OCH3 is 1. The van der Waals surface area contributed by atoms with Gasteiger partial charge in [-0.25, -0.2) is 0 Å². The van der Waals surface area contributed by atoms with Gasteiger partial charge in [0.15, 0.2) is 0 Å². The molecule has 0 bridgehead atoms.